The Kier molecular flexibility index (Phi) is 4.37. The smallest absolute Gasteiger partial charge is 0.263 e. The molecule has 2 aromatic rings. The van der Waals surface area contributed by atoms with Gasteiger partial charge in [-0.25, -0.2) is 0 Å². The first-order valence-electron chi connectivity index (χ1n) is 6.44. The number of aliphatic hydroxyl groups is 1. The molecule has 0 fully saturated rings. The first-order chi connectivity index (χ1) is 9.30. The van der Waals surface area contributed by atoms with E-state index in [2.05, 4.69) is 5.32 Å². The fourth-order valence-corrected chi connectivity index (χ4v) is 3.17. The number of hydrogen-bond donors (Lipinski definition) is 2. The molecule has 1 aromatic carbocycles. The molecule has 5 heteroatoms. The molecule has 0 bridgehead atoms. The Morgan fingerprint density at radius 2 is 2.05 bits per heavy atom. The van der Waals surface area contributed by atoms with Crippen LogP contribution < -0.4 is 5.32 Å². The SMILES string of the molecule is CC(C)(C)C(O)CNC(=O)c1sc2ccccc2c1Cl. The summed E-state index contributed by atoms with van der Waals surface area (Å²) in [5.41, 5.74) is -0.267. The van der Waals surface area contributed by atoms with Crippen LogP contribution in [0.4, 0.5) is 0 Å². The first-order valence-corrected chi connectivity index (χ1v) is 7.63. The van der Waals surface area contributed by atoms with E-state index in [1.165, 1.54) is 11.3 Å². The van der Waals surface area contributed by atoms with E-state index in [9.17, 15) is 9.90 Å². The minimum atomic E-state index is -0.598. The normalized spacial score (nSPS) is 13.4. The zero-order valence-corrected chi connectivity index (χ0v) is 13.3. The van der Waals surface area contributed by atoms with Crippen LogP contribution in [0.1, 0.15) is 30.4 Å². The summed E-state index contributed by atoms with van der Waals surface area (Å²) in [6.07, 6.45) is -0.598. The van der Waals surface area contributed by atoms with Gasteiger partial charge in [0.25, 0.3) is 5.91 Å². The maximum atomic E-state index is 12.2. The van der Waals surface area contributed by atoms with E-state index in [4.69, 9.17) is 11.6 Å². The minimum absolute atomic E-state index is 0.215. The van der Waals surface area contributed by atoms with Gasteiger partial charge < -0.3 is 10.4 Å². The lowest BCUT2D eigenvalue weighted by atomic mass is 9.89. The summed E-state index contributed by atoms with van der Waals surface area (Å²) in [6.45, 7) is 6.00. The van der Waals surface area contributed by atoms with Crippen molar-refractivity contribution in [1.29, 1.82) is 0 Å². The fourth-order valence-electron chi connectivity index (χ4n) is 1.74. The van der Waals surface area contributed by atoms with E-state index < -0.39 is 6.10 Å². The van der Waals surface area contributed by atoms with Gasteiger partial charge >= 0.3 is 0 Å². The highest BCUT2D eigenvalue weighted by Gasteiger charge is 2.24. The van der Waals surface area contributed by atoms with Gasteiger partial charge in [-0.3, -0.25) is 4.79 Å². The molecule has 0 aliphatic rings. The summed E-state index contributed by atoms with van der Waals surface area (Å²) < 4.78 is 0.985. The quantitative estimate of drug-likeness (QED) is 0.908. The number of fused-ring (bicyclic) bond motifs is 1. The van der Waals surface area contributed by atoms with Gasteiger partial charge in [0.05, 0.1) is 11.1 Å². The van der Waals surface area contributed by atoms with Gasteiger partial charge in [-0.05, 0) is 11.5 Å². The van der Waals surface area contributed by atoms with Crippen LogP contribution in [0.2, 0.25) is 5.02 Å². The molecule has 0 saturated heterocycles. The number of rotatable bonds is 3. The van der Waals surface area contributed by atoms with Gasteiger partial charge in [0.2, 0.25) is 0 Å². The lowest BCUT2D eigenvalue weighted by Crippen LogP contribution is -2.39. The zero-order chi connectivity index (χ0) is 14.9. The average Bonchev–Trinajstić information content (AvgIpc) is 2.72. The zero-order valence-electron chi connectivity index (χ0n) is 11.7. The van der Waals surface area contributed by atoms with Crippen molar-refractivity contribution in [3.05, 3.63) is 34.2 Å². The van der Waals surface area contributed by atoms with Crippen LogP contribution in [0.3, 0.4) is 0 Å². The van der Waals surface area contributed by atoms with Crippen LogP contribution in [-0.4, -0.2) is 23.7 Å². The third kappa shape index (κ3) is 3.14. The van der Waals surface area contributed by atoms with Crippen molar-refractivity contribution in [2.24, 2.45) is 5.41 Å². The number of thiophene rings is 1. The Hall–Kier alpha value is -1.10. The average molecular weight is 312 g/mol. The Morgan fingerprint density at radius 1 is 1.40 bits per heavy atom. The predicted molar refractivity (Wildman–Crippen MR) is 84.6 cm³/mol. The largest absolute Gasteiger partial charge is 0.391 e. The second-order valence-corrected chi connectivity index (χ2v) is 7.26. The van der Waals surface area contributed by atoms with Crippen LogP contribution >= 0.6 is 22.9 Å². The number of amides is 1. The van der Waals surface area contributed by atoms with E-state index in [0.717, 1.165) is 10.1 Å². The van der Waals surface area contributed by atoms with Gasteiger partial charge in [-0.1, -0.05) is 50.6 Å². The summed E-state index contributed by atoms with van der Waals surface area (Å²) in [6, 6.07) is 7.65. The molecule has 1 aromatic heterocycles. The number of carbonyl (C=O) groups excluding carboxylic acids is 1. The van der Waals surface area contributed by atoms with Gasteiger partial charge in [0.15, 0.2) is 0 Å². The number of aliphatic hydroxyl groups excluding tert-OH is 1. The highest BCUT2D eigenvalue weighted by atomic mass is 35.5. The molecular weight excluding hydrogens is 294 g/mol. The van der Waals surface area contributed by atoms with Crippen molar-refractivity contribution in [3.8, 4) is 0 Å². The van der Waals surface area contributed by atoms with Crippen molar-refractivity contribution in [2.75, 3.05) is 6.54 Å². The second-order valence-electron chi connectivity index (χ2n) is 5.83. The van der Waals surface area contributed by atoms with Crippen LogP contribution in [0.25, 0.3) is 10.1 Å². The van der Waals surface area contributed by atoms with Gasteiger partial charge in [0, 0.05) is 16.6 Å². The van der Waals surface area contributed by atoms with Gasteiger partial charge in [-0.2, -0.15) is 0 Å². The molecule has 0 radical (unpaired) electrons. The third-order valence-corrected chi connectivity index (χ3v) is 4.87. The second kappa shape index (κ2) is 5.72. The Balaban J connectivity index is 2.14. The van der Waals surface area contributed by atoms with E-state index in [0.29, 0.717) is 9.90 Å². The molecule has 20 heavy (non-hydrogen) atoms. The molecule has 1 amide bonds. The number of nitrogens with one attached hydrogen (secondary N) is 1. The lowest BCUT2D eigenvalue weighted by Gasteiger charge is -2.25. The number of halogens is 1. The Bertz CT molecular complexity index is 630. The van der Waals surface area contributed by atoms with Crippen LogP contribution in [0, 0.1) is 5.41 Å². The molecule has 1 heterocycles. The molecule has 108 valence electrons. The fraction of sp³-hybridized carbons (Fsp3) is 0.400. The van der Waals surface area contributed by atoms with Gasteiger partial charge in [-0.15, -0.1) is 11.3 Å². The highest BCUT2D eigenvalue weighted by Crippen LogP contribution is 2.35. The molecule has 1 atom stereocenters. The monoisotopic (exact) mass is 311 g/mol. The maximum absolute atomic E-state index is 12.2. The van der Waals surface area contributed by atoms with Crippen molar-refractivity contribution in [3.63, 3.8) is 0 Å². The molecular formula is C15H18ClNO2S. The molecule has 0 saturated carbocycles. The van der Waals surface area contributed by atoms with Crippen molar-refractivity contribution in [2.45, 2.75) is 26.9 Å². The van der Waals surface area contributed by atoms with Crippen molar-refractivity contribution >= 4 is 38.9 Å². The highest BCUT2D eigenvalue weighted by molar-refractivity contribution is 7.21. The van der Waals surface area contributed by atoms with E-state index >= 15 is 0 Å². The summed E-state index contributed by atoms with van der Waals surface area (Å²) in [5, 5.41) is 14.1. The summed E-state index contributed by atoms with van der Waals surface area (Å²) in [7, 11) is 0. The summed E-state index contributed by atoms with van der Waals surface area (Å²) in [4.78, 5) is 12.7. The molecule has 3 nitrogen and oxygen atoms in total. The first kappa shape index (κ1) is 15.3. The lowest BCUT2D eigenvalue weighted by molar-refractivity contribution is 0.0588. The summed E-state index contributed by atoms with van der Waals surface area (Å²) in [5.74, 6) is -0.237. The molecule has 2 rings (SSSR count). The van der Waals surface area contributed by atoms with Gasteiger partial charge in [0.1, 0.15) is 4.88 Å². The number of carbonyl (C=O) groups is 1. The van der Waals surface area contributed by atoms with E-state index in [1.807, 2.05) is 45.0 Å². The van der Waals surface area contributed by atoms with E-state index in [-0.39, 0.29) is 17.9 Å². The molecule has 0 spiro atoms. The van der Waals surface area contributed by atoms with Crippen LogP contribution in [-0.2, 0) is 0 Å². The minimum Gasteiger partial charge on any atom is -0.391 e. The van der Waals surface area contributed by atoms with Crippen LogP contribution in [0.5, 0.6) is 0 Å². The molecule has 2 N–H and O–H groups in total. The standard InChI is InChI=1S/C15H18ClNO2S/c1-15(2,3)11(18)8-17-14(19)13-12(16)9-6-4-5-7-10(9)20-13/h4-7,11,18H,8H2,1-3H3,(H,17,19). The topological polar surface area (TPSA) is 49.3 Å². The maximum Gasteiger partial charge on any atom is 0.263 e. The Labute approximate surface area is 127 Å². The molecule has 0 aliphatic carbocycles. The van der Waals surface area contributed by atoms with E-state index in [1.54, 1.807) is 0 Å². The van der Waals surface area contributed by atoms with Crippen LogP contribution in [0.15, 0.2) is 24.3 Å². The van der Waals surface area contributed by atoms with Crippen molar-refractivity contribution < 1.29 is 9.90 Å². The van der Waals surface area contributed by atoms with Crippen molar-refractivity contribution in [1.82, 2.24) is 5.32 Å². The molecule has 1 unspecified atom stereocenters. The number of benzene rings is 1. The number of hydrogen-bond acceptors (Lipinski definition) is 3. The molecule has 0 aliphatic heterocycles. The predicted octanol–water partition coefficient (Wildman–Crippen LogP) is 3.69. The summed E-state index contributed by atoms with van der Waals surface area (Å²) >= 11 is 7.61. The third-order valence-electron chi connectivity index (χ3n) is 3.20. The Morgan fingerprint density at radius 3 is 2.65 bits per heavy atom.